The van der Waals surface area contributed by atoms with E-state index in [1.165, 1.54) is 24.3 Å². The first-order valence-corrected chi connectivity index (χ1v) is 7.04. The zero-order valence-electron chi connectivity index (χ0n) is 12.3. The van der Waals surface area contributed by atoms with Crippen LogP contribution in [0.25, 0.3) is 11.0 Å². The first-order chi connectivity index (χ1) is 11.0. The number of non-ortho nitro benzene ring substituents is 1. The number of hydrogen-bond acceptors (Lipinski definition) is 4. The third-order valence-electron chi connectivity index (χ3n) is 3.48. The van der Waals surface area contributed by atoms with Crippen LogP contribution in [0.15, 0.2) is 48.5 Å². The highest BCUT2D eigenvalue weighted by molar-refractivity contribution is 5.95. The van der Waals surface area contributed by atoms with Gasteiger partial charge in [0.15, 0.2) is 0 Å². The average molecular weight is 310 g/mol. The largest absolute Gasteiger partial charge is 0.342 e. The molecule has 0 fully saturated rings. The van der Waals surface area contributed by atoms with Crippen molar-refractivity contribution in [2.75, 3.05) is 0 Å². The fourth-order valence-corrected chi connectivity index (χ4v) is 2.29. The van der Waals surface area contributed by atoms with E-state index in [1.54, 1.807) is 6.92 Å². The monoisotopic (exact) mass is 310 g/mol. The number of hydrogen-bond donors (Lipinski definition) is 2. The molecule has 0 aliphatic carbocycles. The molecule has 0 spiro atoms. The molecule has 116 valence electrons. The Hall–Kier alpha value is -3.22. The molecular formula is C16H14N4O3. The Morgan fingerprint density at radius 2 is 2.04 bits per heavy atom. The minimum Gasteiger partial charge on any atom is -0.342 e. The molecule has 0 aliphatic heterocycles. The summed E-state index contributed by atoms with van der Waals surface area (Å²) in [6.45, 7) is 1.80. The van der Waals surface area contributed by atoms with E-state index in [1.807, 2.05) is 24.3 Å². The first-order valence-electron chi connectivity index (χ1n) is 7.04. The minimum absolute atomic E-state index is 0.117. The summed E-state index contributed by atoms with van der Waals surface area (Å²) in [4.78, 5) is 30.1. The summed E-state index contributed by atoms with van der Waals surface area (Å²) in [7, 11) is 0. The van der Waals surface area contributed by atoms with Crippen molar-refractivity contribution in [1.29, 1.82) is 0 Å². The number of amides is 1. The first kappa shape index (κ1) is 14.7. The van der Waals surface area contributed by atoms with Gasteiger partial charge in [-0.1, -0.05) is 18.2 Å². The van der Waals surface area contributed by atoms with Crippen molar-refractivity contribution < 1.29 is 9.72 Å². The standard InChI is InChI=1S/C16H14N4O3/c1-10(15-18-13-7-2-3-8-14(13)19-15)17-16(21)11-5-4-6-12(9-11)20(22)23/h2-10H,1H3,(H,17,21)(H,18,19)/t10-/m1/s1. The van der Waals surface area contributed by atoms with E-state index in [0.717, 1.165) is 11.0 Å². The third-order valence-corrected chi connectivity index (χ3v) is 3.48. The van der Waals surface area contributed by atoms with Crippen molar-refractivity contribution >= 4 is 22.6 Å². The van der Waals surface area contributed by atoms with Crippen LogP contribution in [-0.2, 0) is 0 Å². The molecule has 3 rings (SSSR count). The summed E-state index contributed by atoms with van der Waals surface area (Å²) in [5, 5.41) is 13.6. The highest BCUT2D eigenvalue weighted by Gasteiger charge is 2.16. The van der Waals surface area contributed by atoms with Crippen LogP contribution < -0.4 is 5.32 Å². The number of aromatic amines is 1. The van der Waals surface area contributed by atoms with E-state index in [4.69, 9.17) is 0 Å². The Labute approximate surface area is 131 Å². The van der Waals surface area contributed by atoms with Gasteiger partial charge < -0.3 is 10.3 Å². The number of para-hydroxylation sites is 2. The number of H-pyrrole nitrogens is 1. The zero-order valence-corrected chi connectivity index (χ0v) is 12.3. The maximum absolute atomic E-state index is 12.2. The van der Waals surface area contributed by atoms with E-state index < -0.39 is 4.92 Å². The molecule has 1 amide bonds. The van der Waals surface area contributed by atoms with Gasteiger partial charge in [-0.3, -0.25) is 14.9 Å². The number of fused-ring (bicyclic) bond motifs is 1. The SMILES string of the molecule is C[C@@H](NC(=O)c1cccc([N+](=O)[O-])c1)c1nc2ccccc2[nH]1. The Morgan fingerprint density at radius 1 is 1.26 bits per heavy atom. The lowest BCUT2D eigenvalue weighted by molar-refractivity contribution is -0.384. The molecule has 7 nitrogen and oxygen atoms in total. The molecule has 1 atom stereocenters. The smallest absolute Gasteiger partial charge is 0.270 e. The number of nitrogens with zero attached hydrogens (tertiary/aromatic N) is 2. The number of aromatic nitrogens is 2. The number of benzene rings is 2. The fraction of sp³-hybridized carbons (Fsp3) is 0.125. The summed E-state index contributed by atoms with van der Waals surface area (Å²) in [6, 6.07) is 12.8. The second-order valence-corrected chi connectivity index (χ2v) is 5.14. The van der Waals surface area contributed by atoms with Crippen LogP contribution >= 0.6 is 0 Å². The van der Waals surface area contributed by atoms with E-state index in [0.29, 0.717) is 5.82 Å². The Balaban J connectivity index is 1.79. The molecule has 3 aromatic rings. The summed E-state index contributed by atoms with van der Waals surface area (Å²) in [5.74, 6) is 0.242. The number of carbonyl (C=O) groups excluding carboxylic acids is 1. The highest BCUT2D eigenvalue weighted by Crippen LogP contribution is 2.17. The average Bonchev–Trinajstić information content (AvgIpc) is 2.99. The maximum Gasteiger partial charge on any atom is 0.270 e. The molecule has 0 aliphatic rings. The Morgan fingerprint density at radius 3 is 2.78 bits per heavy atom. The van der Waals surface area contributed by atoms with Crippen molar-refractivity contribution in [2.45, 2.75) is 13.0 Å². The summed E-state index contributed by atoms with van der Waals surface area (Å²) in [6.07, 6.45) is 0. The molecule has 1 aromatic heterocycles. The van der Waals surface area contributed by atoms with E-state index >= 15 is 0 Å². The molecular weight excluding hydrogens is 296 g/mol. The third kappa shape index (κ3) is 3.03. The lowest BCUT2D eigenvalue weighted by Gasteiger charge is -2.11. The van der Waals surface area contributed by atoms with Gasteiger partial charge in [-0.05, 0) is 25.1 Å². The zero-order chi connectivity index (χ0) is 16.4. The Kier molecular flexibility index (Phi) is 3.76. The second-order valence-electron chi connectivity index (χ2n) is 5.14. The normalized spacial score (nSPS) is 12.0. The van der Waals surface area contributed by atoms with Crippen LogP contribution in [0.5, 0.6) is 0 Å². The molecule has 0 saturated heterocycles. The molecule has 1 heterocycles. The van der Waals surface area contributed by atoms with Gasteiger partial charge in [-0.25, -0.2) is 4.98 Å². The van der Waals surface area contributed by atoms with E-state index in [2.05, 4.69) is 15.3 Å². The number of rotatable bonds is 4. The van der Waals surface area contributed by atoms with Crippen LogP contribution in [0.3, 0.4) is 0 Å². The van der Waals surface area contributed by atoms with Gasteiger partial charge in [0.1, 0.15) is 5.82 Å². The number of imidazole rings is 1. The predicted molar refractivity (Wildman–Crippen MR) is 85.1 cm³/mol. The molecule has 0 unspecified atom stereocenters. The van der Waals surface area contributed by atoms with Crippen molar-refractivity contribution in [3.05, 3.63) is 70.0 Å². The minimum atomic E-state index is -0.528. The van der Waals surface area contributed by atoms with Gasteiger partial charge in [0.2, 0.25) is 0 Å². The van der Waals surface area contributed by atoms with Gasteiger partial charge in [0, 0.05) is 17.7 Å². The molecule has 2 N–H and O–H groups in total. The molecule has 2 aromatic carbocycles. The molecule has 23 heavy (non-hydrogen) atoms. The van der Waals surface area contributed by atoms with Crippen molar-refractivity contribution in [3.8, 4) is 0 Å². The molecule has 7 heteroatoms. The van der Waals surface area contributed by atoms with Gasteiger partial charge in [0.25, 0.3) is 11.6 Å². The molecule has 0 bridgehead atoms. The van der Waals surface area contributed by atoms with Crippen molar-refractivity contribution in [1.82, 2.24) is 15.3 Å². The fourth-order valence-electron chi connectivity index (χ4n) is 2.29. The lowest BCUT2D eigenvalue weighted by atomic mass is 10.2. The van der Waals surface area contributed by atoms with Gasteiger partial charge >= 0.3 is 0 Å². The van der Waals surface area contributed by atoms with E-state index in [-0.39, 0.29) is 23.2 Å². The Bertz CT molecular complexity index is 855. The number of nitro benzene ring substituents is 1. The number of nitrogens with one attached hydrogen (secondary N) is 2. The van der Waals surface area contributed by atoms with Gasteiger partial charge in [-0.2, -0.15) is 0 Å². The van der Waals surface area contributed by atoms with Gasteiger partial charge in [-0.15, -0.1) is 0 Å². The van der Waals surface area contributed by atoms with Crippen LogP contribution in [0.2, 0.25) is 0 Å². The topological polar surface area (TPSA) is 101 Å². The summed E-state index contributed by atoms with van der Waals surface area (Å²) in [5.41, 5.74) is 1.83. The summed E-state index contributed by atoms with van der Waals surface area (Å²) < 4.78 is 0. The molecule has 0 radical (unpaired) electrons. The predicted octanol–water partition coefficient (Wildman–Crippen LogP) is 2.96. The summed E-state index contributed by atoms with van der Waals surface area (Å²) >= 11 is 0. The van der Waals surface area contributed by atoms with Crippen molar-refractivity contribution in [3.63, 3.8) is 0 Å². The lowest BCUT2D eigenvalue weighted by Crippen LogP contribution is -2.27. The highest BCUT2D eigenvalue weighted by atomic mass is 16.6. The van der Waals surface area contributed by atoms with Crippen LogP contribution in [0.4, 0.5) is 5.69 Å². The quantitative estimate of drug-likeness (QED) is 0.571. The van der Waals surface area contributed by atoms with Crippen LogP contribution in [-0.4, -0.2) is 20.8 Å². The number of nitro groups is 1. The second kappa shape index (κ2) is 5.88. The maximum atomic E-state index is 12.2. The van der Waals surface area contributed by atoms with Gasteiger partial charge in [0.05, 0.1) is 22.0 Å². The molecule has 0 saturated carbocycles. The van der Waals surface area contributed by atoms with Crippen LogP contribution in [0.1, 0.15) is 29.1 Å². The van der Waals surface area contributed by atoms with Crippen LogP contribution in [0, 0.1) is 10.1 Å². The van der Waals surface area contributed by atoms with Crippen molar-refractivity contribution in [2.24, 2.45) is 0 Å². The van der Waals surface area contributed by atoms with E-state index in [9.17, 15) is 14.9 Å². The number of carbonyl (C=O) groups is 1.